The van der Waals surface area contributed by atoms with Gasteiger partial charge in [0.2, 0.25) is 5.91 Å². The third kappa shape index (κ3) is 2.28. The van der Waals surface area contributed by atoms with Gasteiger partial charge < -0.3 is 10.2 Å². The van der Waals surface area contributed by atoms with Crippen molar-refractivity contribution in [1.29, 1.82) is 0 Å². The summed E-state index contributed by atoms with van der Waals surface area (Å²) in [6, 6.07) is 4.13. The molecule has 114 valence electrons. The van der Waals surface area contributed by atoms with Gasteiger partial charge in [0.15, 0.2) is 5.82 Å². The first-order valence-electron chi connectivity index (χ1n) is 7.41. The van der Waals surface area contributed by atoms with E-state index in [-0.39, 0.29) is 17.5 Å². The number of fused-ring (bicyclic) bond motifs is 1. The molecule has 0 bridgehead atoms. The summed E-state index contributed by atoms with van der Waals surface area (Å²) in [7, 11) is 0. The van der Waals surface area contributed by atoms with Gasteiger partial charge in [-0.15, -0.1) is 0 Å². The zero-order valence-electron chi connectivity index (χ0n) is 11.9. The highest BCUT2D eigenvalue weighted by molar-refractivity contribution is 5.92. The highest BCUT2D eigenvalue weighted by Crippen LogP contribution is 2.32. The van der Waals surface area contributed by atoms with Crippen molar-refractivity contribution in [3.8, 4) is 0 Å². The van der Waals surface area contributed by atoms with Crippen molar-refractivity contribution in [1.82, 2.24) is 9.88 Å². The molecule has 1 aromatic carbocycles. The van der Waals surface area contributed by atoms with Crippen LogP contribution in [0.3, 0.4) is 0 Å². The molecule has 0 radical (unpaired) electrons. The van der Waals surface area contributed by atoms with Crippen molar-refractivity contribution in [2.45, 2.75) is 31.3 Å². The largest absolute Gasteiger partial charge is 0.379 e. The molecular formula is C16H15F2N3O. The topological polar surface area (TPSA) is 45.2 Å². The Hall–Kier alpha value is -2.24. The van der Waals surface area contributed by atoms with Gasteiger partial charge in [0.05, 0.1) is 6.04 Å². The number of rotatable bonds is 3. The second-order valence-electron chi connectivity index (χ2n) is 5.96. The van der Waals surface area contributed by atoms with Crippen LogP contribution in [0.1, 0.15) is 19.3 Å². The number of nitrogens with one attached hydrogen (secondary N) is 1. The van der Waals surface area contributed by atoms with E-state index in [2.05, 4.69) is 10.3 Å². The van der Waals surface area contributed by atoms with Gasteiger partial charge in [-0.1, -0.05) is 0 Å². The number of aromatic nitrogens is 1. The fraction of sp³-hybridized carbons (Fsp3) is 0.375. The lowest BCUT2D eigenvalue weighted by atomic mass is 10.1. The van der Waals surface area contributed by atoms with Crippen LogP contribution in [0, 0.1) is 11.6 Å². The number of hydrogen-bond donors (Lipinski definition) is 1. The second kappa shape index (κ2) is 4.90. The number of carbonyl (C=O) groups excluding carboxylic acids is 1. The molecule has 1 amide bonds. The van der Waals surface area contributed by atoms with Crippen LogP contribution in [0.15, 0.2) is 24.4 Å². The molecule has 1 unspecified atom stereocenters. The molecule has 2 aromatic rings. The van der Waals surface area contributed by atoms with Gasteiger partial charge in [-0.25, -0.2) is 8.78 Å². The third-order valence-corrected chi connectivity index (χ3v) is 4.27. The fourth-order valence-corrected chi connectivity index (χ4v) is 3.09. The van der Waals surface area contributed by atoms with Crippen molar-refractivity contribution in [3.63, 3.8) is 0 Å². The lowest BCUT2D eigenvalue weighted by Gasteiger charge is -2.17. The maximum Gasteiger partial charge on any atom is 0.225 e. The Bertz CT molecular complexity index is 760. The van der Waals surface area contributed by atoms with Gasteiger partial charge in [-0.05, 0) is 25.0 Å². The number of pyridine rings is 1. The number of halogens is 2. The molecule has 0 spiro atoms. The SMILES string of the molecule is O=C1CC(Nc2ccnc3c(F)cc(F)cc23)CN1C1CC1. The summed E-state index contributed by atoms with van der Waals surface area (Å²) in [5.41, 5.74) is 0.744. The van der Waals surface area contributed by atoms with Crippen molar-refractivity contribution in [3.05, 3.63) is 36.0 Å². The number of anilines is 1. The molecule has 2 heterocycles. The molecule has 1 saturated heterocycles. The Balaban J connectivity index is 1.63. The average molecular weight is 303 g/mol. The first kappa shape index (κ1) is 13.4. The molecule has 1 aromatic heterocycles. The van der Waals surface area contributed by atoms with E-state index in [0.717, 1.165) is 18.9 Å². The van der Waals surface area contributed by atoms with Crippen molar-refractivity contribution in [2.75, 3.05) is 11.9 Å². The minimum Gasteiger partial charge on any atom is -0.379 e. The Morgan fingerprint density at radius 1 is 1.27 bits per heavy atom. The number of amides is 1. The molecule has 1 aliphatic carbocycles. The van der Waals surface area contributed by atoms with Crippen LogP contribution < -0.4 is 5.32 Å². The van der Waals surface area contributed by atoms with E-state index in [4.69, 9.17) is 0 Å². The van der Waals surface area contributed by atoms with E-state index >= 15 is 0 Å². The number of carbonyl (C=O) groups is 1. The molecule has 2 fully saturated rings. The number of nitrogens with zero attached hydrogens (tertiary/aromatic N) is 2. The highest BCUT2D eigenvalue weighted by atomic mass is 19.1. The van der Waals surface area contributed by atoms with Gasteiger partial charge >= 0.3 is 0 Å². The van der Waals surface area contributed by atoms with E-state index in [1.807, 2.05) is 4.90 Å². The van der Waals surface area contributed by atoms with Crippen LogP contribution in [-0.4, -0.2) is 34.4 Å². The van der Waals surface area contributed by atoms with E-state index in [1.165, 1.54) is 12.3 Å². The summed E-state index contributed by atoms with van der Waals surface area (Å²) in [5, 5.41) is 3.65. The van der Waals surface area contributed by atoms with Crippen molar-refractivity contribution >= 4 is 22.5 Å². The molecule has 1 saturated carbocycles. The van der Waals surface area contributed by atoms with Gasteiger partial charge in [0, 0.05) is 42.3 Å². The van der Waals surface area contributed by atoms with Crippen LogP contribution in [0.5, 0.6) is 0 Å². The quantitative estimate of drug-likeness (QED) is 0.948. The van der Waals surface area contributed by atoms with E-state index in [0.29, 0.717) is 30.1 Å². The van der Waals surface area contributed by atoms with Crippen LogP contribution in [0.2, 0.25) is 0 Å². The molecule has 22 heavy (non-hydrogen) atoms. The number of benzene rings is 1. The Morgan fingerprint density at radius 2 is 2.09 bits per heavy atom. The molecule has 6 heteroatoms. The fourth-order valence-electron chi connectivity index (χ4n) is 3.09. The summed E-state index contributed by atoms with van der Waals surface area (Å²) in [4.78, 5) is 17.9. The normalized spacial score (nSPS) is 21.6. The van der Waals surface area contributed by atoms with Crippen molar-refractivity contribution < 1.29 is 13.6 Å². The molecule has 1 aliphatic heterocycles. The lowest BCUT2D eigenvalue weighted by Crippen LogP contribution is -2.29. The standard InChI is InChI=1S/C16H15F2N3O/c17-9-5-12-14(3-4-19-16(12)13(18)6-9)20-10-7-15(22)21(8-10)11-1-2-11/h3-6,10-11H,1-2,7-8H2,(H,19,20). The van der Waals surface area contributed by atoms with E-state index in [1.54, 1.807) is 6.07 Å². The smallest absolute Gasteiger partial charge is 0.225 e. The molecule has 1 atom stereocenters. The van der Waals surface area contributed by atoms with Gasteiger partial charge in [-0.3, -0.25) is 9.78 Å². The highest BCUT2D eigenvalue weighted by Gasteiger charge is 2.39. The Labute approximate surface area is 126 Å². The van der Waals surface area contributed by atoms with Crippen LogP contribution in [-0.2, 0) is 4.79 Å². The Kier molecular flexibility index (Phi) is 2.99. The monoisotopic (exact) mass is 303 g/mol. The minimum atomic E-state index is -0.680. The Morgan fingerprint density at radius 3 is 2.86 bits per heavy atom. The average Bonchev–Trinajstić information content (AvgIpc) is 3.24. The molecule has 4 nitrogen and oxygen atoms in total. The predicted octanol–water partition coefficient (Wildman–Crippen LogP) is 2.69. The molecule has 2 aliphatic rings. The van der Waals surface area contributed by atoms with Crippen LogP contribution in [0.4, 0.5) is 14.5 Å². The molecular weight excluding hydrogens is 288 g/mol. The summed E-state index contributed by atoms with van der Waals surface area (Å²) in [5.74, 6) is -1.17. The lowest BCUT2D eigenvalue weighted by molar-refractivity contribution is -0.128. The van der Waals surface area contributed by atoms with Crippen LogP contribution >= 0.6 is 0 Å². The maximum absolute atomic E-state index is 13.8. The summed E-state index contributed by atoms with van der Waals surface area (Å²) in [6.07, 6.45) is 4.05. The van der Waals surface area contributed by atoms with Crippen molar-refractivity contribution in [2.24, 2.45) is 0 Å². The molecule has 1 N–H and O–H groups in total. The predicted molar refractivity (Wildman–Crippen MR) is 78.4 cm³/mol. The summed E-state index contributed by atoms with van der Waals surface area (Å²) < 4.78 is 27.3. The zero-order chi connectivity index (χ0) is 15.3. The zero-order valence-corrected chi connectivity index (χ0v) is 11.9. The first-order chi connectivity index (χ1) is 10.6. The summed E-state index contributed by atoms with van der Waals surface area (Å²) in [6.45, 7) is 0.644. The number of likely N-dealkylation sites (tertiary alicyclic amines) is 1. The van der Waals surface area contributed by atoms with Gasteiger partial charge in [0.25, 0.3) is 0 Å². The van der Waals surface area contributed by atoms with E-state index in [9.17, 15) is 13.6 Å². The van der Waals surface area contributed by atoms with E-state index < -0.39 is 11.6 Å². The minimum absolute atomic E-state index is 0.0370. The first-order valence-corrected chi connectivity index (χ1v) is 7.41. The van der Waals surface area contributed by atoms with Crippen LogP contribution in [0.25, 0.3) is 10.9 Å². The second-order valence-corrected chi connectivity index (χ2v) is 5.96. The summed E-state index contributed by atoms with van der Waals surface area (Å²) >= 11 is 0. The third-order valence-electron chi connectivity index (χ3n) is 4.27. The van der Waals surface area contributed by atoms with Gasteiger partial charge in [0.1, 0.15) is 11.3 Å². The number of hydrogen-bond acceptors (Lipinski definition) is 3. The molecule has 4 rings (SSSR count). The maximum atomic E-state index is 13.8. The van der Waals surface area contributed by atoms with Gasteiger partial charge in [-0.2, -0.15) is 0 Å².